The number of nitrogens with one attached hydrogen (secondary N) is 1. The Morgan fingerprint density at radius 1 is 1.57 bits per heavy atom. The molecule has 0 saturated heterocycles. The van der Waals surface area contributed by atoms with Crippen molar-refractivity contribution < 1.29 is 5.11 Å². The van der Waals surface area contributed by atoms with Gasteiger partial charge in [-0.05, 0) is 48.7 Å². The van der Waals surface area contributed by atoms with Crippen LogP contribution in [-0.4, -0.2) is 23.8 Å². The first-order valence-corrected chi connectivity index (χ1v) is 6.02. The maximum absolute atomic E-state index is 9.72. The Kier molecular flexibility index (Phi) is 4.58. The van der Waals surface area contributed by atoms with Crippen LogP contribution in [0.1, 0.15) is 25.8 Å². The Morgan fingerprint density at radius 2 is 2.36 bits per heavy atom. The molecule has 14 heavy (non-hydrogen) atoms. The standard InChI is InChI=1S/C11H19NOS/c1-3-11(2,13)9-12-6-4-10-5-7-14-8-10/h5,7-8,12-13H,3-4,6,9H2,1-2H3. The highest BCUT2D eigenvalue weighted by Gasteiger charge is 2.15. The van der Waals surface area contributed by atoms with Gasteiger partial charge in [0.1, 0.15) is 0 Å². The molecule has 2 nitrogen and oxygen atoms in total. The summed E-state index contributed by atoms with van der Waals surface area (Å²) in [6.07, 6.45) is 1.84. The molecule has 0 amide bonds. The summed E-state index contributed by atoms with van der Waals surface area (Å²) < 4.78 is 0. The predicted molar refractivity (Wildman–Crippen MR) is 61.8 cm³/mol. The molecule has 1 heterocycles. The lowest BCUT2D eigenvalue weighted by atomic mass is 10.0. The summed E-state index contributed by atoms with van der Waals surface area (Å²) >= 11 is 1.73. The van der Waals surface area contributed by atoms with Crippen LogP contribution >= 0.6 is 11.3 Å². The second-order valence-electron chi connectivity index (χ2n) is 3.91. The normalized spacial score (nSPS) is 15.4. The summed E-state index contributed by atoms with van der Waals surface area (Å²) in [5, 5.41) is 17.3. The molecule has 0 aliphatic rings. The first-order valence-electron chi connectivity index (χ1n) is 5.08. The van der Waals surface area contributed by atoms with Crippen molar-refractivity contribution in [2.75, 3.05) is 13.1 Å². The van der Waals surface area contributed by atoms with Crippen LogP contribution < -0.4 is 5.32 Å². The summed E-state index contributed by atoms with van der Waals surface area (Å²) in [6, 6.07) is 2.14. The monoisotopic (exact) mass is 213 g/mol. The van der Waals surface area contributed by atoms with E-state index in [0.29, 0.717) is 6.54 Å². The average molecular weight is 213 g/mol. The van der Waals surface area contributed by atoms with Crippen molar-refractivity contribution in [1.82, 2.24) is 5.32 Å². The zero-order valence-corrected chi connectivity index (χ0v) is 9.73. The fourth-order valence-electron chi connectivity index (χ4n) is 1.15. The molecule has 0 aromatic carbocycles. The van der Waals surface area contributed by atoms with Gasteiger partial charge in [-0.15, -0.1) is 0 Å². The molecule has 0 aliphatic carbocycles. The van der Waals surface area contributed by atoms with E-state index >= 15 is 0 Å². The third-order valence-corrected chi connectivity index (χ3v) is 3.17. The van der Waals surface area contributed by atoms with Gasteiger partial charge in [0.05, 0.1) is 5.60 Å². The molecule has 0 saturated carbocycles. The summed E-state index contributed by atoms with van der Waals surface area (Å²) in [6.45, 7) is 5.48. The number of hydrogen-bond acceptors (Lipinski definition) is 3. The molecule has 0 bridgehead atoms. The third kappa shape index (κ3) is 4.22. The molecule has 1 rings (SSSR count). The van der Waals surface area contributed by atoms with Crippen molar-refractivity contribution in [3.05, 3.63) is 22.4 Å². The first-order chi connectivity index (χ1) is 6.64. The lowest BCUT2D eigenvalue weighted by Crippen LogP contribution is -2.37. The average Bonchev–Trinajstić information content (AvgIpc) is 2.65. The summed E-state index contributed by atoms with van der Waals surface area (Å²) in [5.74, 6) is 0. The Balaban J connectivity index is 2.11. The molecular formula is C11H19NOS. The molecule has 1 unspecified atom stereocenters. The van der Waals surface area contributed by atoms with Gasteiger partial charge in [0, 0.05) is 6.54 Å². The SMILES string of the molecule is CCC(C)(O)CNCCc1ccsc1. The van der Waals surface area contributed by atoms with Crippen LogP contribution in [0.5, 0.6) is 0 Å². The number of thiophene rings is 1. The minimum atomic E-state index is -0.561. The van der Waals surface area contributed by atoms with Gasteiger partial charge in [-0.1, -0.05) is 6.92 Å². The van der Waals surface area contributed by atoms with Crippen LogP contribution in [0, 0.1) is 0 Å². The fraction of sp³-hybridized carbons (Fsp3) is 0.636. The van der Waals surface area contributed by atoms with Gasteiger partial charge < -0.3 is 10.4 Å². The maximum Gasteiger partial charge on any atom is 0.0740 e. The summed E-state index contributed by atoms with van der Waals surface area (Å²) in [4.78, 5) is 0. The van der Waals surface area contributed by atoms with E-state index in [4.69, 9.17) is 0 Å². The largest absolute Gasteiger partial charge is 0.389 e. The quantitative estimate of drug-likeness (QED) is 0.709. The highest BCUT2D eigenvalue weighted by atomic mass is 32.1. The lowest BCUT2D eigenvalue weighted by molar-refractivity contribution is 0.0561. The van der Waals surface area contributed by atoms with Crippen LogP contribution in [0.2, 0.25) is 0 Å². The van der Waals surface area contributed by atoms with Crippen molar-refractivity contribution in [3.63, 3.8) is 0 Å². The molecule has 0 fully saturated rings. The van der Waals surface area contributed by atoms with Gasteiger partial charge in [0.25, 0.3) is 0 Å². The van der Waals surface area contributed by atoms with Crippen LogP contribution in [0.4, 0.5) is 0 Å². The van der Waals surface area contributed by atoms with Crippen LogP contribution in [0.15, 0.2) is 16.8 Å². The molecule has 1 atom stereocenters. The molecule has 3 heteroatoms. The van der Waals surface area contributed by atoms with Crippen LogP contribution in [-0.2, 0) is 6.42 Å². The van der Waals surface area contributed by atoms with Gasteiger partial charge in [0.15, 0.2) is 0 Å². The minimum absolute atomic E-state index is 0.561. The van der Waals surface area contributed by atoms with Crippen molar-refractivity contribution in [2.45, 2.75) is 32.3 Å². The molecule has 2 N–H and O–H groups in total. The molecule has 1 aromatic rings. The van der Waals surface area contributed by atoms with E-state index in [2.05, 4.69) is 22.1 Å². The number of rotatable bonds is 6. The molecular weight excluding hydrogens is 194 g/mol. The molecule has 0 spiro atoms. The van der Waals surface area contributed by atoms with Crippen LogP contribution in [0.25, 0.3) is 0 Å². The zero-order valence-electron chi connectivity index (χ0n) is 8.92. The van der Waals surface area contributed by atoms with Crippen molar-refractivity contribution in [1.29, 1.82) is 0 Å². The van der Waals surface area contributed by atoms with Crippen molar-refractivity contribution in [3.8, 4) is 0 Å². The Bertz CT molecular complexity index is 244. The van der Waals surface area contributed by atoms with Crippen molar-refractivity contribution in [2.24, 2.45) is 0 Å². The van der Waals surface area contributed by atoms with E-state index in [1.807, 2.05) is 13.8 Å². The van der Waals surface area contributed by atoms with Crippen molar-refractivity contribution >= 4 is 11.3 Å². The number of hydrogen-bond donors (Lipinski definition) is 2. The minimum Gasteiger partial charge on any atom is -0.389 e. The first kappa shape index (κ1) is 11.7. The van der Waals surface area contributed by atoms with E-state index in [9.17, 15) is 5.11 Å². The van der Waals surface area contributed by atoms with E-state index in [-0.39, 0.29) is 0 Å². The smallest absolute Gasteiger partial charge is 0.0740 e. The van der Waals surface area contributed by atoms with Gasteiger partial charge in [0.2, 0.25) is 0 Å². The van der Waals surface area contributed by atoms with E-state index < -0.39 is 5.60 Å². The topological polar surface area (TPSA) is 32.3 Å². The van der Waals surface area contributed by atoms with Gasteiger partial charge in [-0.2, -0.15) is 11.3 Å². The summed E-state index contributed by atoms with van der Waals surface area (Å²) in [5.41, 5.74) is 0.813. The van der Waals surface area contributed by atoms with E-state index in [0.717, 1.165) is 19.4 Å². The molecule has 0 radical (unpaired) electrons. The highest BCUT2D eigenvalue weighted by Crippen LogP contribution is 2.07. The van der Waals surface area contributed by atoms with Gasteiger partial charge in [-0.3, -0.25) is 0 Å². The molecule has 80 valence electrons. The van der Waals surface area contributed by atoms with E-state index in [1.54, 1.807) is 11.3 Å². The van der Waals surface area contributed by atoms with Crippen LogP contribution in [0.3, 0.4) is 0 Å². The lowest BCUT2D eigenvalue weighted by Gasteiger charge is -2.21. The number of aliphatic hydroxyl groups is 1. The van der Waals surface area contributed by atoms with E-state index in [1.165, 1.54) is 5.56 Å². The highest BCUT2D eigenvalue weighted by molar-refractivity contribution is 7.07. The Hall–Kier alpha value is -0.380. The maximum atomic E-state index is 9.72. The molecule has 1 aromatic heterocycles. The summed E-state index contributed by atoms with van der Waals surface area (Å²) in [7, 11) is 0. The zero-order chi connectivity index (χ0) is 10.4. The van der Waals surface area contributed by atoms with Gasteiger partial charge >= 0.3 is 0 Å². The third-order valence-electron chi connectivity index (χ3n) is 2.44. The fourth-order valence-corrected chi connectivity index (χ4v) is 1.85. The molecule has 0 aliphatic heterocycles. The second-order valence-corrected chi connectivity index (χ2v) is 4.69. The Labute approximate surface area is 90.0 Å². The predicted octanol–water partition coefficient (Wildman–Crippen LogP) is 2.04. The second kappa shape index (κ2) is 5.49. The Morgan fingerprint density at radius 3 is 2.93 bits per heavy atom. The van der Waals surface area contributed by atoms with Gasteiger partial charge in [-0.25, -0.2) is 0 Å².